The molecule has 6 rings (SSSR count). The summed E-state index contributed by atoms with van der Waals surface area (Å²) >= 11 is 0. The van der Waals surface area contributed by atoms with Gasteiger partial charge in [-0.25, -0.2) is 0 Å². The van der Waals surface area contributed by atoms with Crippen LogP contribution in [0.3, 0.4) is 0 Å². The van der Waals surface area contributed by atoms with Crippen molar-refractivity contribution in [3.63, 3.8) is 0 Å². The largest absolute Gasteiger partial charge is 0.346 e. The summed E-state index contributed by atoms with van der Waals surface area (Å²) in [4.78, 5) is 62.2. The van der Waals surface area contributed by atoms with Gasteiger partial charge in [-0.05, 0) is 74.5 Å². The molecule has 9 heteroatoms. The predicted molar refractivity (Wildman–Crippen MR) is 195 cm³/mol. The molecule has 0 spiro atoms. The molecule has 2 aromatic rings. The number of amides is 4. The van der Waals surface area contributed by atoms with Crippen LogP contribution in [0.15, 0.2) is 60.7 Å². The van der Waals surface area contributed by atoms with Gasteiger partial charge in [-0.2, -0.15) is 0 Å². The molecule has 1 saturated carbocycles. The standard InChI is InChI=1S/C41H57N5O4/c1-30(2)22-36(27-43-21-13-20-34(43)28-45-35(25-42-38(47)39(45)48)23-31-14-9-5-10-15-31)46-29-37(24-32-16-11-6-12-17-32)44(40(49)41(46)50)26-33-18-7-3-4-8-19-33/h5-6,9-12,14-17,30,33-37H,3-4,7-8,13,18-29H2,1-2H3,(H,42,47)/t34-,35-,36-,37-/m0/s1. The van der Waals surface area contributed by atoms with Crippen LogP contribution in [0.2, 0.25) is 0 Å². The number of hydrogen-bond donors (Lipinski definition) is 1. The molecular formula is C41H57N5O4. The molecule has 1 aliphatic carbocycles. The van der Waals surface area contributed by atoms with Crippen LogP contribution < -0.4 is 5.32 Å². The first-order valence-electron chi connectivity index (χ1n) is 19.3. The van der Waals surface area contributed by atoms with Gasteiger partial charge in [0.2, 0.25) is 0 Å². The van der Waals surface area contributed by atoms with Gasteiger partial charge in [-0.15, -0.1) is 0 Å². The fourth-order valence-electron chi connectivity index (χ4n) is 8.93. The Balaban J connectivity index is 1.20. The average molecular weight is 684 g/mol. The third-order valence-electron chi connectivity index (χ3n) is 11.5. The summed E-state index contributed by atoms with van der Waals surface area (Å²) in [7, 11) is 0. The molecule has 0 bridgehead atoms. The van der Waals surface area contributed by atoms with Crippen LogP contribution in [-0.2, 0) is 32.0 Å². The second kappa shape index (κ2) is 17.0. The van der Waals surface area contributed by atoms with Crippen molar-refractivity contribution < 1.29 is 19.2 Å². The van der Waals surface area contributed by atoms with Crippen molar-refractivity contribution in [3.05, 3.63) is 71.8 Å². The fourth-order valence-corrected chi connectivity index (χ4v) is 8.93. The molecule has 3 saturated heterocycles. The molecular weight excluding hydrogens is 626 g/mol. The van der Waals surface area contributed by atoms with Gasteiger partial charge < -0.3 is 20.0 Å². The molecule has 2 aromatic carbocycles. The number of rotatable bonds is 13. The molecule has 50 heavy (non-hydrogen) atoms. The SMILES string of the molecule is CC(C)C[C@@H](CN1CCC[C@H]1CN1C(=O)C(=O)NC[C@@H]1Cc1ccccc1)N1C[C@H](Cc2ccccc2)N(CC2CCCCCC2)C(=O)C1=O. The zero-order valence-corrected chi connectivity index (χ0v) is 30.2. The topological polar surface area (TPSA) is 93.3 Å². The van der Waals surface area contributed by atoms with E-state index in [0.29, 0.717) is 51.0 Å². The lowest BCUT2D eigenvalue weighted by atomic mass is 9.94. The summed E-state index contributed by atoms with van der Waals surface area (Å²) in [5.41, 5.74) is 2.32. The molecule has 4 amide bonds. The molecule has 1 N–H and O–H groups in total. The molecule has 3 heterocycles. The van der Waals surface area contributed by atoms with Gasteiger partial charge in [0.1, 0.15) is 0 Å². The third-order valence-corrected chi connectivity index (χ3v) is 11.5. The first-order chi connectivity index (χ1) is 24.3. The zero-order valence-electron chi connectivity index (χ0n) is 30.2. The molecule has 4 aliphatic rings. The van der Waals surface area contributed by atoms with Crippen molar-refractivity contribution in [1.82, 2.24) is 24.9 Å². The van der Waals surface area contributed by atoms with Crippen molar-refractivity contribution in [3.8, 4) is 0 Å². The average Bonchev–Trinajstić information content (AvgIpc) is 3.38. The minimum Gasteiger partial charge on any atom is -0.346 e. The summed E-state index contributed by atoms with van der Waals surface area (Å²) in [5, 5.41) is 2.80. The molecule has 4 fully saturated rings. The van der Waals surface area contributed by atoms with Gasteiger partial charge in [0.05, 0.1) is 12.1 Å². The first-order valence-corrected chi connectivity index (χ1v) is 19.3. The summed E-state index contributed by atoms with van der Waals surface area (Å²) < 4.78 is 0. The van der Waals surface area contributed by atoms with Crippen molar-refractivity contribution in [1.29, 1.82) is 0 Å². The van der Waals surface area contributed by atoms with E-state index < -0.39 is 11.8 Å². The minimum atomic E-state index is -0.535. The monoisotopic (exact) mass is 683 g/mol. The summed E-state index contributed by atoms with van der Waals surface area (Å²) in [6.45, 7) is 8.01. The van der Waals surface area contributed by atoms with Crippen molar-refractivity contribution in [2.45, 2.75) is 109 Å². The van der Waals surface area contributed by atoms with Crippen LogP contribution >= 0.6 is 0 Å². The van der Waals surface area contributed by atoms with Gasteiger partial charge in [0.25, 0.3) is 0 Å². The Kier molecular flexibility index (Phi) is 12.3. The summed E-state index contributed by atoms with van der Waals surface area (Å²) in [6.07, 6.45) is 11.3. The Labute approximate surface area is 298 Å². The lowest BCUT2D eigenvalue weighted by Gasteiger charge is -2.46. The number of carbonyl (C=O) groups excluding carboxylic acids is 4. The van der Waals surface area contributed by atoms with Crippen LogP contribution in [0.25, 0.3) is 0 Å². The number of nitrogens with one attached hydrogen (secondary N) is 1. The van der Waals surface area contributed by atoms with Crippen LogP contribution in [0.1, 0.15) is 82.8 Å². The smallest absolute Gasteiger partial charge is 0.312 e. The number of hydrogen-bond acceptors (Lipinski definition) is 5. The summed E-state index contributed by atoms with van der Waals surface area (Å²) in [6, 6.07) is 20.3. The maximum Gasteiger partial charge on any atom is 0.312 e. The number of benzene rings is 2. The summed E-state index contributed by atoms with van der Waals surface area (Å²) in [5.74, 6) is -0.926. The van der Waals surface area contributed by atoms with E-state index in [1.807, 2.05) is 34.1 Å². The normalized spacial score (nSPS) is 24.9. The molecule has 270 valence electrons. The molecule has 0 radical (unpaired) electrons. The first kappa shape index (κ1) is 36.1. The van der Waals surface area contributed by atoms with Crippen molar-refractivity contribution >= 4 is 23.6 Å². The molecule has 3 aliphatic heterocycles. The van der Waals surface area contributed by atoms with E-state index in [0.717, 1.165) is 50.6 Å². The second-order valence-electron chi connectivity index (χ2n) is 15.7. The van der Waals surface area contributed by atoms with E-state index in [1.165, 1.54) is 31.2 Å². The fraction of sp³-hybridized carbons (Fsp3) is 0.610. The van der Waals surface area contributed by atoms with Gasteiger partial charge in [-0.3, -0.25) is 24.1 Å². The second-order valence-corrected chi connectivity index (χ2v) is 15.7. The van der Waals surface area contributed by atoms with Crippen molar-refractivity contribution in [2.75, 3.05) is 39.3 Å². The van der Waals surface area contributed by atoms with Gasteiger partial charge in [0, 0.05) is 44.8 Å². The zero-order chi connectivity index (χ0) is 35.0. The Morgan fingerprint density at radius 3 is 1.94 bits per heavy atom. The van der Waals surface area contributed by atoms with Crippen LogP contribution in [-0.4, -0.2) is 107 Å². The Morgan fingerprint density at radius 2 is 1.30 bits per heavy atom. The van der Waals surface area contributed by atoms with Crippen LogP contribution in [0, 0.1) is 11.8 Å². The van der Waals surface area contributed by atoms with E-state index in [9.17, 15) is 19.2 Å². The van der Waals surface area contributed by atoms with Crippen LogP contribution in [0.4, 0.5) is 0 Å². The Hall–Kier alpha value is -3.72. The highest BCUT2D eigenvalue weighted by Gasteiger charge is 2.44. The van der Waals surface area contributed by atoms with E-state index in [-0.39, 0.29) is 36.0 Å². The van der Waals surface area contributed by atoms with E-state index in [2.05, 4.69) is 60.5 Å². The molecule has 0 aromatic heterocycles. The van der Waals surface area contributed by atoms with Gasteiger partial charge in [0.15, 0.2) is 0 Å². The number of carbonyl (C=O) groups is 4. The highest BCUT2D eigenvalue weighted by molar-refractivity contribution is 6.36. The molecule has 0 unspecified atom stereocenters. The minimum absolute atomic E-state index is 0.0712. The number of piperazine rings is 2. The van der Waals surface area contributed by atoms with E-state index >= 15 is 0 Å². The van der Waals surface area contributed by atoms with Crippen molar-refractivity contribution in [2.24, 2.45) is 11.8 Å². The highest BCUT2D eigenvalue weighted by atomic mass is 16.2. The predicted octanol–water partition coefficient (Wildman–Crippen LogP) is 4.69. The number of likely N-dealkylation sites (tertiary alicyclic amines) is 1. The maximum absolute atomic E-state index is 14.2. The van der Waals surface area contributed by atoms with E-state index in [4.69, 9.17) is 0 Å². The van der Waals surface area contributed by atoms with Gasteiger partial charge >= 0.3 is 23.6 Å². The molecule has 9 nitrogen and oxygen atoms in total. The van der Waals surface area contributed by atoms with Crippen LogP contribution in [0.5, 0.6) is 0 Å². The lowest BCUT2D eigenvalue weighted by molar-refractivity contribution is -0.162. The Bertz CT molecular complexity index is 1440. The van der Waals surface area contributed by atoms with E-state index in [1.54, 1.807) is 4.90 Å². The third kappa shape index (κ3) is 8.95. The number of nitrogens with zero attached hydrogens (tertiary/aromatic N) is 4. The quantitative estimate of drug-likeness (QED) is 0.245. The van der Waals surface area contributed by atoms with Gasteiger partial charge in [-0.1, -0.05) is 100 Å². The lowest BCUT2D eigenvalue weighted by Crippen LogP contribution is -2.65. The molecule has 4 atom stereocenters. The highest BCUT2D eigenvalue weighted by Crippen LogP contribution is 2.30. The maximum atomic E-state index is 14.2. The Morgan fingerprint density at radius 1 is 0.680 bits per heavy atom.